The SMILES string of the molecule is CCCC(C)c1ccc(C)cc1C#N. The Morgan fingerprint density at radius 2 is 2.14 bits per heavy atom. The maximum atomic E-state index is 9.01. The number of nitriles is 1. The van der Waals surface area contributed by atoms with Gasteiger partial charge in [-0.05, 0) is 36.5 Å². The molecule has 0 aliphatic heterocycles. The second kappa shape index (κ2) is 4.81. The Bertz CT molecular complexity index is 347. The largest absolute Gasteiger partial charge is 0.192 e. The predicted molar refractivity (Wildman–Crippen MR) is 59.2 cm³/mol. The van der Waals surface area contributed by atoms with Crippen LogP contribution in [0.2, 0.25) is 0 Å². The smallest absolute Gasteiger partial charge is 0.0994 e. The zero-order chi connectivity index (χ0) is 10.6. The van der Waals surface area contributed by atoms with Gasteiger partial charge in [-0.25, -0.2) is 0 Å². The standard InChI is InChI=1S/C13H17N/c1-4-5-11(3)13-7-6-10(2)8-12(13)9-14/h6-8,11H,4-5H2,1-3H3. The van der Waals surface area contributed by atoms with Gasteiger partial charge in [0.25, 0.3) is 0 Å². The highest BCUT2D eigenvalue weighted by molar-refractivity contribution is 5.42. The highest BCUT2D eigenvalue weighted by Crippen LogP contribution is 2.24. The molecule has 74 valence electrons. The van der Waals surface area contributed by atoms with Crippen molar-refractivity contribution in [1.29, 1.82) is 5.26 Å². The van der Waals surface area contributed by atoms with Crippen LogP contribution in [0.25, 0.3) is 0 Å². The lowest BCUT2D eigenvalue weighted by Crippen LogP contribution is -1.97. The number of rotatable bonds is 3. The molecule has 0 radical (unpaired) electrons. The summed E-state index contributed by atoms with van der Waals surface area (Å²) >= 11 is 0. The van der Waals surface area contributed by atoms with Crippen molar-refractivity contribution in [2.24, 2.45) is 0 Å². The Kier molecular flexibility index (Phi) is 3.71. The molecule has 0 amide bonds. The number of hydrogen-bond acceptors (Lipinski definition) is 1. The van der Waals surface area contributed by atoms with E-state index in [1.165, 1.54) is 12.0 Å². The molecule has 1 unspecified atom stereocenters. The molecule has 1 heteroatoms. The maximum Gasteiger partial charge on any atom is 0.0994 e. The molecule has 14 heavy (non-hydrogen) atoms. The zero-order valence-corrected chi connectivity index (χ0v) is 9.17. The Morgan fingerprint density at radius 3 is 2.71 bits per heavy atom. The van der Waals surface area contributed by atoms with Gasteiger partial charge in [0.15, 0.2) is 0 Å². The van der Waals surface area contributed by atoms with Crippen LogP contribution in [-0.2, 0) is 0 Å². The molecule has 1 nitrogen and oxygen atoms in total. The molecule has 0 N–H and O–H groups in total. The Labute approximate surface area is 86.4 Å². The predicted octanol–water partition coefficient (Wildman–Crippen LogP) is 3.77. The van der Waals surface area contributed by atoms with Gasteiger partial charge in [-0.1, -0.05) is 32.4 Å². The van der Waals surface area contributed by atoms with Crippen molar-refractivity contribution in [1.82, 2.24) is 0 Å². The van der Waals surface area contributed by atoms with Gasteiger partial charge in [0, 0.05) is 0 Å². The third kappa shape index (κ3) is 2.35. The first-order valence-electron chi connectivity index (χ1n) is 5.19. The van der Waals surface area contributed by atoms with Crippen LogP contribution < -0.4 is 0 Å². The lowest BCUT2D eigenvalue weighted by atomic mass is 9.92. The van der Waals surface area contributed by atoms with E-state index in [4.69, 9.17) is 5.26 Å². The highest BCUT2D eigenvalue weighted by Gasteiger charge is 2.09. The van der Waals surface area contributed by atoms with Gasteiger partial charge < -0.3 is 0 Å². The van der Waals surface area contributed by atoms with E-state index in [0.717, 1.165) is 17.5 Å². The summed E-state index contributed by atoms with van der Waals surface area (Å²) in [7, 11) is 0. The topological polar surface area (TPSA) is 23.8 Å². The number of nitrogens with zero attached hydrogens (tertiary/aromatic N) is 1. The normalized spacial score (nSPS) is 12.1. The van der Waals surface area contributed by atoms with Crippen molar-refractivity contribution in [3.05, 3.63) is 34.9 Å². The van der Waals surface area contributed by atoms with Crippen LogP contribution in [-0.4, -0.2) is 0 Å². The first-order chi connectivity index (χ1) is 6.69. The Balaban J connectivity index is 3.03. The number of aryl methyl sites for hydroxylation is 1. The van der Waals surface area contributed by atoms with Gasteiger partial charge in [0.2, 0.25) is 0 Å². The fraction of sp³-hybridized carbons (Fsp3) is 0.462. The van der Waals surface area contributed by atoms with E-state index >= 15 is 0 Å². The van der Waals surface area contributed by atoms with E-state index in [9.17, 15) is 0 Å². The van der Waals surface area contributed by atoms with Gasteiger partial charge in [-0.2, -0.15) is 5.26 Å². The summed E-state index contributed by atoms with van der Waals surface area (Å²) in [5.41, 5.74) is 3.19. The summed E-state index contributed by atoms with van der Waals surface area (Å²) in [5.74, 6) is 0.496. The summed E-state index contributed by atoms with van der Waals surface area (Å²) in [4.78, 5) is 0. The van der Waals surface area contributed by atoms with Crippen molar-refractivity contribution < 1.29 is 0 Å². The van der Waals surface area contributed by atoms with Crippen LogP contribution in [0.4, 0.5) is 0 Å². The summed E-state index contributed by atoms with van der Waals surface area (Å²) in [6.45, 7) is 6.39. The van der Waals surface area contributed by atoms with E-state index < -0.39 is 0 Å². The minimum Gasteiger partial charge on any atom is -0.192 e. The minimum absolute atomic E-state index is 0.496. The second-order valence-electron chi connectivity index (χ2n) is 3.89. The van der Waals surface area contributed by atoms with Gasteiger partial charge >= 0.3 is 0 Å². The molecule has 0 saturated carbocycles. The fourth-order valence-corrected chi connectivity index (χ4v) is 1.79. The van der Waals surface area contributed by atoms with E-state index in [1.807, 2.05) is 13.0 Å². The van der Waals surface area contributed by atoms with Crippen molar-refractivity contribution in [3.63, 3.8) is 0 Å². The Hall–Kier alpha value is -1.29. The first-order valence-corrected chi connectivity index (χ1v) is 5.19. The fourth-order valence-electron chi connectivity index (χ4n) is 1.79. The molecule has 0 spiro atoms. The summed E-state index contributed by atoms with van der Waals surface area (Å²) in [5, 5.41) is 9.01. The molecule has 0 bridgehead atoms. The van der Waals surface area contributed by atoms with E-state index in [2.05, 4.69) is 32.0 Å². The van der Waals surface area contributed by atoms with E-state index in [0.29, 0.717) is 5.92 Å². The van der Waals surface area contributed by atoms with Crippen LogP contribution in [0.3, 0.4) is 0 Å². The van der Waals surface area contributed by atoms with Crippen molar-refractivity contribution in [2.75, 3.05) is 0 Å². The van der Waals surface area contributed by atoms with Crippen molar-refractivity contribution in [3.8, 4) is 6.07 Å². The average molecular weight is 187 g/mol. The lowest BCUT2D eigenvalue weighted by molar-refractivity contribution is 0.663. The van der Waals surface area contributed by atoms with Crippen LogP contribution in [0.15, 0.2) is 18.2 Å². The van der Waals surface area contributed by atoms with E-state index in [-0.39, 0.29) is 0 Å². The molecular weight excluding hydrogens is 170 g/mol. The first kappa shape index (κ1) is 10.8. The highest BCUT2D eigenvalue weighted by atomic mass is 14.3. The summed E-state index contributed by atoms with van der Waals surface area (Å²) < 4.78 is 0. The third-order valence-electron chi connectivity index (χ3n) is 2.58. The second-order valence-corrected chi connectivity index (χ2v) is 3.89. The summed E-state index contributed by atoms with van der Waals surface area (Å²) in [6, 6.07) is 8.43. The van der Waals surface area contributed by atoms with Crippen molar-refractivity contribution in [2.45, 2.75) is 39.5 Å². The molecule has 0 saturated heterocycles. The molecule has 0 aromatic heterocycles. The van der Waals surface area contributed by atoms with E-state index in [1.54, 1.807) is 0 Å². The van der Waals surface area contributed by atoms with Crippen LogP contribution in [0, 0.1) is 18.3 Å². The zero-order valence-electron chi connectivity index (χ0n) is 9.17. The molecule has 0 aliphatic carbocycles. The third-order valence-corrected chi connectivity index (χ3v) is 2.58. The van der Waals surface area contributed by atoms with Gasteiger partial charge in [0.1, 0.15) is 0 Å². The molecule has 1 rings (SSSR count). The van der Waals surface area contributed by atoms with Crippen LogP contribution in [0.5, 0.6) is 0 Å². The molecule has 1 aromatic rings. The van der Waals surface area contributed by atoms with Gasteiger partial charge in [0.05, 0.1) is 11.6 Å². The maximum absolute atomic E-state index is 9.01. The van der Waals surface area contributed by atoms with Crippen LogP contribution >= 0.6 is 0 Å². The van der Waals surface area contributed by atoms with Gasteiger partial charge in [-0.3, -0.25) is 0 Å². The Morgan fingerprint density at radius 1 is 1.43 bits per heavy atom. The molecule has 0 aliphatic rings. The summed E-state index contributed by atoms with van der Waals surface area (Å²) in [6.07, 6.45) is 2.32. The monoisotopic (exact) mass is 187 g/mol. The lowest BCUT2D eigenvalue weighted by Gasteiger charge is -2.12. The molecule has 0 fully saturated rings. The molecular formula is C13H17N. The molecule has 1 aromatic carbocycles. The van der Waals surface area contributed by atoms with Crippen molar-refractivity contribution >= 4 is 0 Å². The van der Waals surface area contributed by atoms with Crippen LogP contribution in [0.1, 0.15) is 49.3 Å². The molecule has 1 atom stereocenters. The average Bonchev–Trinajstić information content (AvgIpc) is 2.17. The minimum atomic E-state index is 0.496. The van der Waals surface area contributed by atoms with Gasteiger partial charge in [-0.15, -0.1) is 0 Å². The number of hydrogen-bond donors (Lipinski definition) is 0. The molecule has 0 heterocycles. The quantitative estimate of drug-likeness (QED) is 0.706. The number of benzene rings is 1.